The maximum absolute atomic E-state index is 12.2. The fourth-order valence-electron chi connectivity index (χ4n) is 2.16. The summed E-state index contributed by atoms with van der Waals surface area (Å²) in [6.07, 6.45) is 1.59. The van der Waals surface area contributed by atoms with E-state index in [2.05, 4.69) is 10.3 Å². The second-order valence-corrected chi connectivity index (χ2v) is 4.20. The molecule has 0 fully saturated rings. The van der Waals surface area contributed by atoms with Crippen LogP contribution in [-0.2, 0) is 4.79 Å². The topological polar surface area (TPSA) is 62.3 Å². The lowest BCUT2D eigenvalue weighted by molar-refractivity contribution is -0.115. The predicted octanol–water partition coefficient (Wildman–Crippen LogP) is 2.33. The number of benzene rings is 1. The third-order valence-electron chi connectivity index (χ3n) is 2.95. The van der Waals surface area contributed by atoms with Crippen molar-refractivity contribution in [3.63, 3.8) is 0 Å². The van der Waals surface area contributed by atoms with Crippen molar-refractivity contribution >= 4 is 29.0 Å². The molecular formula is C14H11N3O2. The zero-order chi connectivity index (χ0) is 13.4. The average molecular weight is 253 g/mol. The lowest BCUT2D eigenvalue weighted by Gasteiger charge is -2.20. The average Bonchev–Trinajstić information content (AvgIpc) is 2.53. The molecule has 5 nitrogen and oxygen atoms in total. The number of aromatic nitrogens is 1. The van der Waals surface area contributed by atoms with Gasteiger partial charge in [-0.05, 0) is 24.3 Å². The Hall–Kier alpha value is -2.69. The molecule has 1 N–H and O–H groups in total. The van der Waals surface area contributed by atoms with E-state index in [1.807, 2.05) is 0 Å². The van der Waals surface area contributed by atoms with E-state index in [9.17, 15) is 9.59 Å². The van der Waals surface area contributed by atoms with Gasteiger partial charge < -0.3 is 5.32 Å². The van der Waals surface area contributed by atoms with Gasteiger partial charge in [-0.2, -0.15) is 0 Å². The van der Waals surface area contributed by atoms with Crippen molar-refractivity contribution in [1.29, 1.82) is 0 Å². The first-order chi connectivity index (χ1) is 9.18. The predicted molar refractivity (Wildman–Crippen MR) is 71.5 cm³/mol. The number of carbonyl (C=O) groups is 2. The highest BCUT2D eigenvalue weighted by atomic mass is 16.2. The number of nitrogens with one attached hydrogen (secondary N) is 1. The standard InChI is InChI=1S/C14H11N3O2/c1-9(18)17-12-7-3-2-5-10(12)14(19)16-11-6-4-8-15-13(11)17/h2-8H,1H3,(H,16,19). The number of para-hydroxylation sites is 1. The Balaban J connectivity index is 2.32. The van der Waals surface area contributed by atoms with Crippen LogP contribution in [0, 0.1) is 0 Å². The highest BCUT2D eigenvalue weighted by molar-refractivity contribution is 6.16. The van der Waals surface area contributed by atoms with Crippen LogP contribution in [0.25, 0.3) is 0 Å². The maximum Gasteiger partial charge on any atom is 0.257 e. The van der Waals surface area contributed by atoms with E-state index in [0.29, 0.717) is 22.8 Å². The van der Waals surface area contributed by atoms with Gasteiger partial charge in [0.1, 0.15) is 0 Å². The van der Waals surface area contributed by atoms with Crippen molar-refractivity contribution in [2.45, 2.75) is 6.92 Å². The fourth-order valence-corrected chi connectivity index (χ4v) is 2.16. The fraction of sp³-hybridized carbons (Fsp3) is 0.0714. The summed E-state index contributed by atoms with van der Waals surface area (Å²) in [5, 5.41) is 2.77. The molecule has 2 heterocycles. The molecule has 1 aliphatic heterocycles. The number of nitrogens with zero attached hydrogens (tertiary/aromatic N) is 2. The summed E-state index contributed by atoms with van der Waals surface area (Å²) < 4.78 is 0. The van der Waals surface area contributed by atoms with Crippen LogP contribution >= 0.6 is 0 Å². The number of fused-ring (bicyclic) bond motifs is 2. The first kappa shape index (κ1) is 11.4. The molecule has 1 aromatic carbocycles. The molecule has 3 rings (SSSR count). The summed E-state index contributed by atoms with van der Waals surface area (Å²) in [7, 11) is 0. The zero-order valence-corrected chi connectivity index (χ0v) is 10.3. The van der Waals surface area contributed by atoms with E-state index in [-0.39, 0.29) is 11.8 Å². The molecule has 0 spiro atoms. The van der Waals surface area contributed by atoms with Crippen molar-refractivity contribution < 1.29 is 9.59 Å². The second-order valence-electron chi connectivity index (χ2n) is 4.20. The summed E-state index contributed by atoms with van der Waals surface area (Å²) in [4.78, 5) is 29.7. The number of hydrogen-bond acceptors (Lipinski definition) is 3. The molecule has 1 aromatic heterocycles. The number of amides is 2. The molecule has 0 aliphatic carbocycles. The lowest BCUT2D eigenvalue weighted by atomic mass is 10.1. The Kier molecular flexibility index (Phi) is 2.52. The molecule has 1 aliphatic rings. The van der Waals surface area contributed by atoms with Gasteiger partial charge in [0.25, 0.3) is 5.91 Å². The molecule has 0 saturated carbocycles. The van der Waals surface area contributed by atoms with Crippen molar-refractivity contribution in [2.75, 3.05) is 10.2 Å². The van der Waals surface area contributed by atoms with Crippen molar-refractivity contribution in [1.82, 2.24) is 4.98 Å². The Bertz CT molecular complexity index is 682. The Labute approximate surface area is 109 Å². The summed E-state index contributed by atoms with van der Waals surface area (Å²) in [6, 6.07) is 10.4. The van der Waals surface area contributed by atoms with Gasteiger partial charge >= 0.3 is 0 Å². The SMILES string of the molecule is CC(=O)N1c2ccccc2C(=O)Nc2cccnc21. The summed E-state index contributed by atoms with van der Waals surface area (Å²) in [6.45, 7) is 1.45. The molecule has 0 radical (unpaired) electrons. The van der Waals surface area contributed by atoms with Gasteiger partial charge in [-0.3, -0.25) is 14.5 Å². The van der Waals surface area contributed by atoms with Gasteiger partial charge in [-0.25, -0.2) is 4.98 Å². The van der Waals surface area contributed by atoms with Crippen LogP contribution in [0.3, 0.4) is 0 Å². The van der Waals surface area contributed by atoms with E-state index in [1.165, 1.54) is 11.8 Å². The van der Waals surface area contributed by atoms with Gasteiger partial charge in [0.05, 0.1) is 16.9 Å². The summed E-state index contributed by atoms with van der Waals surface area (Å²) in [5.74, 6) is 0.00537. The summed E-state index contributed by atoms with van der Waals surface area (Å²) >= 11 is 0. The van der Waals surface area contributed by atoms with E-state index >= 15 is 0 Å². The molecule has 0 saturated heterocycles. The van der Waals surface area contributed by atoms with Gasteiger partial charge in [0, 0.05) is 13.1 Å². The first-order valence-corrected chi connectivity index (χ1v) is 5.84. The largest absolute Gasteiger partial charge is 0.319 e. The van der Waals surface area contributed by atoms with Crippen LogP contribution < -0.4 is 10.2 Å². The van der Waals surface area contributed by atoms with Crippen LogP contribution in [0.1, 0.15) is 17.3 Å². The Morgan fingerprint density at radius 1 is 1.21 bits per heavy atom. The number of anilines is 3. The monoisotopic (exact) mass is 253 g/mol. The molecule has 19 heavy (non-hydrogen) atoms. The van der Waals surface area contributed by atoms with E-state index < -0.39 is 0 Å². The smallest absolute Gasteiger partial charge is 0.257 e. The van der Waals surface area contributed by atoms with Gasteiger partial charge in [-0.1, -0.05) is 12.1 Å². The number of rotatable bonds is 0. The molecule has 0 atom stereocenters. The van der Waals surface area contributed by atoms with Crippen molar-refractivity contribution in [3.8, 4) is 0 Å². The normalized spacial score (nSPS) is 13.1. The molecule has 0 unspecified atom stereocenters. The summed E-state index contributed by atoms with van der Waals surface area (Å²) in [5.41, 5.74) is 1.53. The van der Waals surface area contributed by atoms with Crippen LogP contribution in [0.5, 0.6) is 0 Å². The van der Waals surface area contributed by atoms with E-state index in [0.717, 1.165) is 0 Å². The molecule has 94 valence electrons. The molecule has 5 heteroatoms. The highest BCUT2D eigenvalue weighted by Gasteiger charge is 2.27. The quantitative estimate of drug-likeness (QED) is 0.783. The van der Waals surface area contributed by atoms with Gasteiger partial charge in [0.2, 0.25) is 5.91 Å². The second kappa shape index (κ2) is 4.20. The van der Waals surface area contributed by atoms with Gasteiger partial charge in [0.15, 0.2) is 5.82 Å². The molecule has 2 amide bonds. The Morgan fingerprint density at radius 3 is 2.79 bits per heavy atom. The zero-order valence-electron chi connectivity index (χ0n) is 10.3. The van der Waals surface area contributed by atoms with Crippen LogP contribution in [0.2, 0.25) is 0 Å². The van der Waals surface area contributed by atoms with Crippen LogP contribution in [0.15, 0.2) is 42.6 Å². The van der Waals surface area contributed by atoms with Gasteiger partial charge in [-0.15, -0.1) is 0 Å². The van der Waals surface area contributed by atoms with E-state index in [4.69, 9.17) is 0 Å². The number of hydrogen-bond donors (Lipinski definition) is 1. The highest BCUT2D eigenvalue weighted by Crippen LogP contribution is 2.35. The lowest BCUT2D eigenvalue weighted by Crippen LogP contribution is -2.24. The minimum absolute atomic E-state index is 0.191. The third kappa shape index (κ3) is 1.76. The third-order valence-corrected chi connectivity index (χ3v) is 2.95. The minimum Gasteiger partial charge on any atom is -0.319 e. The minimum atomic E-state index is -0.242. The number of carbonyl (C=O) groups excluding carboxylic acids is 2. The van der Waals surface area contributed by atoms with Crippen LogP contribution in [0.4, 0.5) is 17.2 Å². The molecular weight excluding hydrogens is 242 g/mol. The molecule has 2 aromatic rings. The van der Waals surface area contributed by atoms with Crippen molar-refractivity contribution in [3.05, 3.63) is 48.2 Å². The van der Waals surface area contributed by atoms with E-state index in [1.54, 1.807) is 42.6 Å². The Morgan fingerprint density at radius 2 is 2.00 bits per heavy atom. The maximum atomic E-state index is 12.2. The van der Waals surface area contributed by atoms with Crippen LogP contribution in [-0.4, -0.2) is 16.8 Å². The molecule has 0 bridgehead atoms. The van der Waals surface area contributed by atoms with Crippen molar-refractivity contribution in [2.24, 2.45) is 0 Å². The number of pyridine rings is 1. The first-order valence-electron chi connectivity index (χ1n) is 5.84.